The summed E-state index contributed by atoms with van der Waals surface area (Å²) in [6, 6.07) is 45.7. The molecule has 72 heavy (non-hydrogen) atoms. The van der Waals surface area contributed by atoms with Crippen LogP contribution in [-0.4, -0.2) is 0 Å². The van der Waals surface area contributed by atoms with Crippen molar-refractivity contribution in [2.75, 3.05) is 0 Å². The molecule has 0 aliphatic heterocycles. The molecule has 0 radical (unpaired) electrons. The third-order valence-electron chi connectivity index (χ3n) is 15.1. The van der Waals surface area contributed by atoms with Gasteiger partial charge < -0.3 is 0 Å². The van der Waals surface area contributed by atoms with Gasteiger partial charge in [-0.1, -0.05) is 80.9 Å². The molecule has 372 valence electrons. The molecule has 4 heterocycles. The zero-order valence-electron chi connectivity index (χ0n) is 51.0. The fraction of sp³-hybridized carbons (Fsp3) is 0.353. The highest BCUT2D eigenvalue weighted by molar-refractivity contribution is 5.65. The fourth-order valence-electron chi connectivity index (χ4n) is 11.0. The number of rotatable bonds is 7. The number of pyridine rings is 4. The molecule has 2 fully saturated rings. The summed E-state index contributed by atoms with van der Waals surface area (Å²) in [7, 11) is 8.23. The lowest BCUT2D eigenvalue weighted by atomic mass is 9.81. The van der Waals surface area contributed by atoms with Crippen LogP contribution in [0.4, 0.5) is 0 Å². The lowest BCUT2D eigenvalue weighted by Gasteiger charge is -2.24. The minimum Gasteiger partial charge on any atom is -0.201 e. The predicted molar refractivity (Wildman–Crippen MR) is 302 cm³/mol. The lowest BCUT2D eigenvalue weighted by Crippen LogP contribution is -2.30. The maximum atomic E-state index is 7.42. The maximum Gasteiger partial charge on any atom is 0.212 e. The number of hydrogen-bond acceptors (Lipinski definition) is 0. The van der Waals surface area contributed by atoms with Crippen LogP contribution in [0.3, 0.4) is 0 Å². The molecule has 0 N–H and O–H groups in total. The van der Waals surface area contributed by atoms with E-state index in [2.05, 4.69) is 135 Å². The van der Waals surface area contributed by atoms with Gasteiger partial charge in [0, 0.05) is 79.0 Å². The van der Waals surface area contributed by atoms with Gasteiger partial charge in [0.05, 0.1) is 0 Å². The van der Waals surface area contributed by atoms with Gasteiger partial charge in [0.2, 0.25) is 22.8 Å². The van der Waals surface area contributed by atoms with Gasteiger partial charge in [-0.05, 0) is 191 Å². The Kier molecular flexibility index (Phi) is 15.9. The number of aryl methyl sites for hydroxylation is 12. The first-order valence-corrected chi connectivity index (χ1v) is 26.3. The molecule has 0 atom stereocenters. The molecule has 0 unspecified atom stereocenters. The van der Waals surface area contributed by atoms with Crippen LogP contribution < -0.4 is 18.3 Å². The molecule has 4 aromatic carbocycles. The molecule has 2 aliphatic carbocycles. The standard InChI is InChI=1S/C20H26N.C19H24N.C15H18N.C14H16N/c1-15-14-19(20-11-7-8-12-21(20)3)16(2)13-18(15)17-9-5-4-6-10-17;1-14-13-18(19-10-6-7-11-20(19)3)15(2)12-17(14)16-8-4-5-9-16;1-4-13-8-9-14(12(2)11-13)15-7-5-6-10-16(15)3;1-11-7-8-13(12(2)10-11)14-6-4-5-9-15(14)3/h7-8,11-14,17H,4-6,9-10H2,1-3H3;6-7,10-13,16H,4-5,8-9H2,1-3H3;5-11H,4H2,1-3H3;4-10H,1-3H3/q4*+1/i;;2*1D3. The zero-order valence-corrected chi connectivity index (χ0v) is 45.0. The fourth-order valence-corrected chi connectivity index (χ4v) is 11.0. The van der Waals surface area contributed by atoms with Crippen LogP contribution in [0, 0.1) is 48.4 Å². The average Bonchev–Trinajstić information content (AvgIpc) is 3.98. The quantitative estimate of drug-likeness (QED) is 0.142. The summed E-state index contributed by atoms with van der Waals surface area (Å²) in [5.74, 6) is 1.59. The summed E-state index contributed by atoms with van der Waals surface area (Å²) in [6.45, 7) is 9.08. The molecule has 4 nitrogen and oxygen atoms in total. The van der Waals surface area contributed by atoms with E-state index in [9.17, 15) is 0 Å². The van der Waals surface area contributed by atoms with Gasteiger partial charge in [-0.2, -0.15) is 0 Å². The Labute approximate surface area is 443 Å². The second-order valence-corrected chi connectivity index (χ2v) is 20.5. The van der Waals surface area contributed by atoms with Crippen molar-refractivity contribution in [3.05, 3.63) is 214 Å². The first-order chi connectivity index (χ1) is 37.1. The molecule has 4 aromatic heterocycles. The van der Waals surface area contributed by atoms with Crippen LogP contribution in [-0.2, 0) is 34.6 Å². The van der Waals surface area contributed by atoms with Crippen LogP contribution in [0.2, 0.25) is 0 Å². The average molecular weight is 963 g/mol. The van der Waals surface area contributed by atoms with Crippen molar-refractivity contribution in [1.82, 2.24) is 0 Å². The second kappa shape index (κ2) is 25.2. The van der Waals surface area contributed by atoms with Crippen molar-refractivity contribution >= 4 is 0 Å². The summed E-state index contributed by atoms with van der Waals surface area (Å²) >= 11 is 0. The molecule has 0 saturated heterocycles. The monoisotopic (exact) mass is 963 g/mol. The highest BCUT2D eigenvalue weighted by atomic mass is 14.9. The molecule has 2 saturated carbocycles. The van der Waals surface area contributed by atoms with E-state index < -0.39 is 13.7 Å². The maximum absolute atomic E-state index is 7.42. The van der Waals surface area contributed by atoms with Gasteiger partial charge in [-0.3, -0.25) is 0 Å². The van der Waals surface area contributed by atoms with Crippen molar-refractivity contribution in [3.63, 3.8) is 0 Å². The molecule has 0 amide bonds. The molecule has 0 spiro atoms. The van der Waals surface area contributed by atoms with E-state index in [0.717, 1.165) is 51.0 Å². The van der Waals surface area contributed by atoms with Gasteiger partial charge in [-0.15, -0.1) is 0 Å². The van der Waals surface area contributed by atoms with Crippen LogP contribution in [0.1, 0.15) is 140 Å². The molecular weight excluding hydrogens is 873 g/mol. The van der Waals surface area contributed by atoms with Crippen molar-refractivity contribution in [1.29, 1.82) is 0 Å². The Bertz CT molecular complexity index is 3310. The first kappa shape index (κ1) is 45.4. The highest BCUT2D eigenvalue weighted by Gasteiger charge is 2.23. The number of nitrogens with zero attached hydrogens (tertiary/aromatic N) is 4. The van der Waals surface area contributed by atoms with Crippen molar-refractivity contribution in [3.8, 4) is 45.0 Å². The minimum absolute atomic E-state index is 0.120. The molecule has 0 bridgehead atoms. The zero-order chi connectivity index (χ0) is 56.3. The van der Waals surface area contributed by atoms with Crippen molar-refractivity contribution < 1.29 is 26.5 Å². The third-order valence-corrected chi connectivity index (χ3v) is 15.1. The summed E-state index contributed by atoms with van der Waals surface area (Å²) in [5, 5.41) is 0. The van der Waals surface area contributed by atoms with Gasteiger partial charge in [-0.25, -0.2) is 18.3 Å². The van der Waals surface area contributed by atoms with Crippen LogP contribution >= 0.6 is 0 Å². The van der Waals surface area contributed by atoms with Crippen LogP contribution in [0.25, 0.3) is 45.0 Å². The number of hydrogen-bond donors (Lipinski definition) is 0. The SMILES string of the molecule is Cc1cc(C2CCCC2)c(C)cc1-c1cccc[n+]1C.Cc1cc(C2CCCCC2)c(C)cc1-c1cccc[n+]1C.[2H]C([2H])([2H])Cc1ccc(-c2cccc[n+]2C)c(C)c1.[2H]C([2H])([2H])c1ccc(-c2cccc[n+]2C)c(C)c1. The Morgan fingerprint density at radius 2 is 0.764 bits per heavy atom. The molecule has 2 aliphatic rings. The van der Waals surface area contributed by atoms with Crippen LogP contribution in [0.5, 0.6) is 0 Å². The van der Waals surface area contributed by atoms with E-state index in [0.29, 0.717) is 5.56 Å². The minimum atomic E-state index is -2.04. The van der Waals surface area contributed by atoms with E-state index in [-0.39, 0.29) is 6.42 Å². The van der Waals surface area contributed by atoms with E-state index in [1.165, 1.54) is 103 Å². The lowest BCUT2D eigenvalue weighted by molar-refractivity contribution is -0.660. The molecular formula is C68H84N4+4. The number of benzene rings is 4. The van der Waals surface area contributed by atoms with E-state index in [1.54, 1.807) is 23.3 Å². The largest absolute Gasteiger partial charge is 0.212 e. The topological polar surface area (TPSA) is 15.5 Å². The molecule has 10 rings (SSSR count). The van der Waals surface area contributed by atoms with Crippen molar-refractivity contribution in [2.45, 2.75) is 131 Å². The smallest absolute Gasteiger partial charge is 0.201 e. The Balaban J connectivity index is 0.000000151. The van der Waals surface area contributed by atoms with Gasteiger partial charge in [0.1, 0.15) is 28.2 Å². The summed E-state index contributed by atoms with van der Waals surface area (Å²) in [5.41, 5.74) is 22.0. The van der Waals surface area contributed by atoms with Crippen molar-refractivity contribution in [2.24, 2.45) is 28.2 Å². The van der Waals surface area contributed by atoms with E-state index in [1.807, 2.05) is 99.5 Å². The first-order valence-electron chi connectivity index (χ1n) is 29.3. The Hall–Kier alpha value is -6.52. The normalized spacial score (nSPS) is 15.1. The molecule has 4 heteroatoms. The summed E-state index contributed by atoms with van der Waals surface area (Å²) < 4.78 is 52.7. The highest BCUT2D eigenvalue weighted by Crippen LogP contribution is 2.39. The Morgan fingerprint density at radius 1 is 0.389 bits per heavy atom. The van der Waals surface area contributed by atoms with Crippen LogP contribution in [0.15, 0.2) is 158 Å². The Morgan fingerprint density at radius 3 is 1.14 bits per heavy atom. The molecule has 8 aromatic rings. The van der Waals surface area contributed by atoms with Gasteiger partial charge in [0.25, 0.3) is 0 Å². The summed E-state index contributed by atoms with van der Waals surface area (Å²) in [6.07, 6.45) is 20.9. The third kappa shape index (κ3) is 13.3. The summed E-state index contributed by atoms with van der Waals surface area (Å²) in [4.78, 5) is 0. The predicted octanol–water partition coefficient (Wildman–Crippen LogP) is 15.1. The van der Waals surface area contributed by atoms with E-state index in [4.69, 9.17) is 8.22 Å². The van der Waals surface area contributed by atoms with Gasteiger partial charge >= 0.3 is 0 Å². The van der Waals surface area contributed by atoms with E-state index >= 15 is 0 Å². The van der Waals surface area contributed by atoms with Gasteiger partial charge in [0.15, 0.2) is 24.8 Å². The second-order valence-electron chi connectivity index (χ2n) is 20.5. The number of aromatic nitrogens is 4.